The van der Waals surface area contributed by atoms with E-state index >= 15 is 4.39 Å². The molecule has 1 heterocycles. The van der Waals surface area contributed by atoms with Gasteiger partial charge in [0.05, 0.1) is 23.3 Å². The molecule has 5 rings (SSSR count). The predicted molar refractivity (Wildman–Crippen MR) is 129 cm³/mol. The van der Waals surface area contributed by atoms with Gasteiger partial charge in [-0.2, -0.15) is 0 Å². The lowest BCUT2D eigenvalue weighted by atomic mass is 9.58. The topological polar surface area (TPSA) is 203 Å². The minimum absolute atomic E-state index is 0.0163. The number of phenolic OH excluding ortho intramolecular Hbond substituents is 1. The molecule has 5 atom stereocenters. The highest BCUT2D eigenvalue weighted by molar-refractivity contribution is 6.25. The number of phenols is 1. The molecule has 202 valence electrons. The number of halogens is 1. The highest BCUT2D eigenvalue weighted by atomic mass is 19.1. The van der Waals surface area contributed by atoms with E-state index in [0.29, 0.717) is 0 Å². The number of carbonyl (C=O) groups excluding carboxylic acids is 4. The van der Waals surface area contributed by atoms with Gasteiger partial charge in [-0.3, -0.25) is 24.1 Å². The summed E-state index contributed by atoms with van der Waals surface area (Å²) in [5, 5.41) is 49.8. The third kappa shape index (κ3) is 3.12. The molecule has 2 amide bonds. The zero-order chi connectivity index (χ0) is 28.0. The van der Waals surface area contributed by atoms with Gasteiger partial charge in [-0.15, -0.1) is 0 Å². The second-order valence-corrected chi connectivity index (χ2v) is 10.4. The summed E-state index contributed by atoms with van der Waals surface area (Å²) >= 11 is 0. The van der Waals surface area contributed by atoms with Gasteiger partial charge in [-0.05, 0) is 39.9 Å². The number of primary amides is 1. The highest BCUT2D eigenvalue weighted by Crippen LogP contribution is 2.53. The SMILES string of the molecule is CNC1Cc2c(F)c3c(c(O)c2NC1=O)C(=O)C1=C(O)[C@@]2(O)C(=O)C(C(N)=O)=C(O)[C@H](N(C)C)[C@H]2C[C@H]1C3. The number of nitrogens with one attached hydrogen (secondary N) is 2. The summed E-state index contributed by atoms with van der Waals surface area (Å²) in [5.74, 6) is -9.58. The molecule has 0 spiro atoms. The van der Waals surface area contributed by atoms with Crippen LogP contribution in [0.5, 0.6) is 5.75 Å². The Morgan fingerprint density at radius 1 is 1.16 bits per heavy atom. The Kier molecular flexibility index (Phi) is 5.67. The third-order valence-electron chi connectivity index (χ3n) is 8.24. The van der Waals surface area contributed by atoms with Crippen LogP contribution in [-0.4, -0.2) is 87.5 Å². The van der Waals surface area contributed by atoms with Crippen LogP contribution in [-0.2, 0) is 27.2 Å². The minimum atomic E-state index is -2.79. The molecule has 0 saturated carbocycles. The average Bonchev–Trinajstić information content (AvgIpc) is 2.84. The summed E-state index contributed by atoms with van der Waals surface area (Å²) in [5.41, 5.74) is 0.334. The maximum atomic E-state index is 15.8. The molecule has 0 bridgehead atoms. The zero-order valence-electron chi connectivity index (χ0n) is 20.8. The number of amides is 2. The number of rotatable bonds is 3. The predicted octanol–water partition coefficient (Wildman–Crippen LogP) is -0.658. The maximum absolute atomic E-state index is 15.8. The number of Topliss-reactive ketones (excluding diaryl/α,β-unsaturated/α-hetero) is 2. The molecule has 1 unspecified atom stereocenters. The van der Waals surface area contributed by atoms with Crippen molar-refractivity contribution in [3.05, 3.63) is 45.2 Å². The van der Waals surface area contributed by atoms with Crippen molar-refractivity contribution < 1.29 is 44.0 Å². The average molecular weight is 531 g/mol. The van der Waals surface area contributed by atoms with Crippen molar-refractivity contribution in [3.8, 4) is 5.75 Å². The molecule has 4 aliphatic rings. The molecule has 1 aromatic carbocycles. The fourth-order valence-electron chi connectivity index (χ4n) is 6.47. The van der Waals surface area contributed by atoms with E-state index in [1.54, 1.807) is 0 Å². The summed E-state index contributed by atoms with van der Waals surface area (Å²) in [7, 11) is 4.56. The van der Waals surface area contributed by atoms with Crippen LogP contribution in [0.2, 0.25) is 0 Å². The van der Waals surface area contributed by atoms with Crippen molar-refractivity contribution in [2.75, 3.05) is 26.5 Å². The normalized spacial score (nSPS) is 30.5. The van der Waals surface area contributed by atoms with Gasteiger partial charge < -0.3 is 36.8 Å². The maximum Gasteiger partial charge on any atom is 0.255 e. The van der Waals surface area contributed by atoms with Gasteiger partial charge in [-0.25, -0.2) is 4.39 Å². The van der Waals surface area contributed by atoms with E-state index in [1.807, 2.05) is 0 Å². The number of allylic oxidation sites excluding steroid dienone is 1. The number of aliphatic hydroxyl groups excluding tert-OH is 2. The second-order valence-electron chi connectivity index (χ2n) is 10.4. The number of nitrogens with zero attached hydrogens (tertiary/aromatic N) is 1. The Morgan fingerprint density at radius 3 is 2.39 bits per heavy atom. The zero-order valence-corrected chi connectivity index (χ0v) is 20.8. The molecule has 1 aliphatic heterocycles. The molecule has 0 aromatic heterocycles. The van der Waals surface area contributed by atoms with E-state index in [4.69, 9.17) is 5.73 Å². The second kappa shape index (κ2) is 8.35. The van der Waals surface area contributed by atoms with Gasteiger partial charge >= 0.3 is 0 Å². The van der Waals surface area contributed by atoms with E-state index in [-0.39, 0.29) is 36.1 Å². The van der Waals surface area contributed by atoms with E-state index in [9.17, 15) is 39.6 Å². The van der Waals surface area contributed by atoms with Crippen LogP contribution in [0, 0.1) is 17.7 Å². The summed E-state index contributed by atoms with van der Waals surface area (Å²) in [4.78, 5) is 52.8. The number of likely N-dealkylation sites (N-methyl/N-ethyl adjacent to an activating group) is 2. The van der Waals surface area contributed by atoms with E-state index in [1.165, 1.54) is 26.0 Å². The van der Waals surface area contributed by atoms with Crippen LogP contribution in [0.3, 0.4) is 0 Å². The summed E-state index contributed by atoms with van der Waals surface area (Å²) in [6, 6.07) is -1.91. The number of fused-ring (bicyclic) bond motifs is 4. The first kappa shape index (κ1) is 25.8. The largest absolute Gasteiger partial charge is 0.510 e. The first-order valence-electron chi connectivity index (χ1n) is 12.0. The number of aromatic hydroxyl groups is 1. The first-order valence-corrected chi connectivity index (χ1v) is 12.0. The van der Waals surface area contributed by atoms with Gasteiger partial charge in [0.1, 0.15) is 22.9 Å². The van der Waals surface area contributed by atoms with Crippen molar-refractivity contribution in [1.82, 2.24) is 10.2 Å². The lowest BCUT2D eigenvalue weighted by Crippen LogP contribution is -2.63. The van der Waals surface area contributed by atoms with Crippen LogP contribution >= 0.6 is 0 Å². The molecule has 38 heavy (non-hydrogen) atoms. The summed E-state index contributed by atoms with van der Waals surface area (Å²) in [6.07, 6.45) is -0.413. The number of carbonyl (C=O) groups is 4. The number of anilines is 1. The van der Waals surface area contributed by atoms with Crippen molar-refractivity contribution >= 4 is 29.1 Å². The molecule has 0 fully saturated rings. The van der Waals surface area contributed by atoms with Crippen LogP contribution in [0.1, 0.15) is 27.9 Å². The van der Waals surface area contributed by atoms with E-state index in [0.717, 1.165) is 0 Å². The number of nitrogens with two attached hydrogens (primary N) is 1. The first-order chi connectivity index (χ1) is 17.8. The lowest BCUT2D eigenvalue weighted by molar-refractivity contribution is -0.148. The Morgan fingerprint density at radius 2 is 1.82 bits per heavy atom. The highest BCUT2D eigenvalue weighted by Gasteiger charge is 2.63. The summed E-state index contributed by atoms with van der Waals surface area (Å²) in [6.45, 7) is 0. The molecule has 1 aromatic rings. The molecule has 13 heteroatoms. The Labute approximate surface area is 215 Å². The van der Waals surface area contributed by atoms with E-state index in [2.05, 4.69) is 10.6 Å². The number of hydrogen-bond acceptors (Lipinski definition) is 10. The number of aliphatic hydroxyl groups is 3. The van der Waals surface area contributed by atoms with Crippen molar-refractivity contribution in [2.24, 2.45) is 17.6 Å². The lowest BCUT2D eigenvalue weighted by Gasteiger charge is -2.50. The fraction of sp³-hybridized carbons (Fsp3) is 0.440. The van der Waals surface area contributed by atoms with Gasteiger partial charge in [-0.1, -0.05) is 0 Å². The van der Waals surface area contributed by atoms with Crippen LogP contribution < -0.4 is 16.4 Å². The molecule has 0 radical (unpaired) electrons. The van der Waals surface area contributed by atoms with Crippen molar-refractivity contribution in [2.45, 2.75) is 36.9 Å². The number of hydrogen-bond donors (Lipinski definition) is 7. The quantitative estimate of drug-likeness (QED) is 0.194. The van der Waals surface area contributed by atoms with Crippen molar-refractivity contribution in [1.29, 1.82) is 0 Å². The Balaban J connectivity index is 1.72. The number of benzene rings is 1. The minimum Gasteiger partial charge on any atom is -0.510 e. The molecule has 0 saturated heterocycles. The Hall–Kier alpha value is -3.81. The molecule has 3 aliphatic carbocycles. The monoisotopic (exact) mass is 530 g/mol. The van der Waals surface area contributed by atoms with Crippen molar-refractivity contribution in [3.63, 3.8) is 0 Å². The molecule has 12 nitrogen and oxygen atoms in total. The van der Waals surface area contributed by atoms with Crippen LogP contribution in [0.25, 0.3) is 0 Å². The standard InChI is InChI=1S/C25H27FN4O8/c1-28-11-6-9-15(26)8-4-7-5-10-17(30(2)3)20(33)14(23(27)36)22(35)25(10,38)21(34)12(7)18(31)13(8)19(32)16(9)29-24(11)37/h7,10-11,17,28,32-34,38H,4-6H2,1-3H3,(H2,27,36)(H,29,37)/t7-,10-,11?,17-,25-/m1/s1. The molecular weight excluding hydrogens is 503 g/mol. The van der Waals surface area contributed by atoms with Crippen LogP contribution in [0.4, 0.5) is 10.1 Å². The third-order valence-corrected chi connectivity index (χ3v) is 8.24. The fourth-order valence-corrected chi connectivity index (χ4v) is 6.47. The van der Waals surface area contributed by atoms with Gasteiger partial charge in [0.25, 0.3) is 5.91 Å². The molecular formula is C25H27FN4O8. The van der Waals surface area contributed by atoms with Gasteiger partial charge in [0.2, 0.25) is 11.7 Å². The number of ketones is 2. The Bertz CT molecular complexity index is 1420. The van der Waals surface area contributed by atoms with Crippen LogP contribution in [0.15, 0.2) is 22.7 Å². The molecule has 8 N–H and O–H groups in total. The van der Waals surface area contributed by atoms with E-state index < -0.39 is 92.7 Å². The van der Waals surface area contributed by atoms with Gasteiger partial charge in [0, 0.05) is 29.0 Å². The van der Waals surface area contributed by atoms with Gasteiger partial charge in [0.15, 0.2) is 17.1 Å². The summed E-state index contributed by atoms with van der Waals surface area (Å²) < 4.78 is 15.8. The smallest absolute Gasteiger partial charge is 0.255 e.